The van der Waals surface area contributed by atoms with Gasteiger partial charge >= 0.3 is 5.97 Å². The Kier molecular flexibility index (Phi) is 7.92. The molecule has 8 nitrogen and oxygen atoms in total. The van der Waals surface area contributed by atoms with Crippen LogP contribution in [0.2, 0.25) is 0 Å². The van der Waals surface area contributed by atoms with Gasteiger partial charge in [-0.2, -0.15) is 0 Å². The van der Waals surface area contributed by atoms with Crippen molar-refractivity contribution in [2.24, 2.45) is 17.6 Å². The number of ether oxygens (including phenoxy) is 3. The molecule has 2 N–H and O–H groups in total. The minimum Gasteiger partial charge on any atom is -0.481 e. The molecule has 34 heavy (non-hydrogen) atoms. The van der Waals surface area contributed by atoms with E-state index in [1.807, 2.05) is 40.7 Å². The van der Waals surface area contributed by atoms with E-state index in [0.717, 1.165) is 32.1 Å². The zero-order chi connectivity index (χ0) is 25.3. The van der Waals surface area contributed by atoms with E-state index >= 15 is 0 Å². The minimum absolute atomic E-state index is 0.0590. The summed E-state index contributed by atoms with van der Waals surface area (Å²) in [5, 5.41) is 0. The fourth-order valence-electron chi connectivity index (χ4n) is 5.53. The molecule has 0 unspecified atom stereocenters. The van der Waals surface area contributed by atoms with E-state index in [1.54, 1.807) is 31.4 Å². The number of nitrogens with two attached hydrogens (primary N) is 1. The predicted molar refractivity (Wildman–Crippen MR) is 129 cm³/mol. The molecule has 0 radical (unpaired) electrons. The Balaban J connectivity index is 2.19. The third kappa shape index (κ3) is 5.23. The van der Waals surface area contributed by atoms with Crippen molar-refractivity contribution >= 4 is 11.9 Å². The van der Waals surface area contributed by atoms with Crippen molar-refractivity contribution in [1.82, 2.24) is 9.88 Å². The highest BCUT2D eigenvalue weighted by molar-refractivity contribution is 5.88. The number of esters is 1. The molecule has 0 spiro atoms. The highest BCUT2D eigenvalue weighted by Gasteiger charge is 2.60. The van der Waals surface area contributed by atoms with Crippen LogP contribution in [0.4, 0.5) is 0 Å². The maximum absolute atomic E-state index is 14.1. The lowest BCUT2D eigenvalue weighted by molar-refractivity contribution is -0.170. The number of rotatable bonds is 6. The van der Waals surface area contributed by atoms with Crippen molar-refractivity contribution < 1.29 is 23.8 Å². The molecule has 3 rings (SSSR count). The number of carbonyl (C=O) groups excluding carboxylic acids is 2. The summed E-state index contributed by atoms with van der Waals surface area (Å²) in [6, 6.07) is 1.57. The minimum atomic E-state index is -0.895. The van der Waals surface area contributed by atoms with Gasteiger partial charge in [-0.05, 0) is 59.6 Å². The van der Waals surface area contributed by atoms with Gasteiger partial charge in [0, 0.05) is 36.7 Å². The molecule has 1 aromatic rings. The normalized spacial score (nSPS) is 26.4. The number of hydrogen-bond donors (Lipinski definition) is 1. The molecule has 2 heterocycles. The standard InChI is InChI=1S/C26H41N3O5/c1-25(2,3)34-24(31)21-18(26(4,5)33-7)19(27)20(17-14-11-15-28-22(17)32-6)29(21)23(30)16-12-9-8-10-13-16/h11,14-16,18-21H,8-10,12-13,27H2,1-7H3/t18-,19-,20-,21-/m0/s1. The number of pyridine rings is 1. The van der Waals surface area contributed by atoms with E-state index < -0.39 is 41.2 Å². The van der Waals surface area contributed by atoms with E-state index in [0.29, 0.717) is 11.4 Å². The summed E-state index contributed by atoms with van der Waals surface area (Å²) in [6.45, 7) is 9.28. The van der Waals surface area contributed by atoms with Crippen molar-refractivity contribution in [2.45, 2.75) is 96.1 Å². The van der Waals surface area contributed by atoms with Crippen LogP contribution in [-0.2, 0) is 19.1 Å². The molecule has 0 aromatic carbocycles. The summed E-state index contributed by atoms with van der Waals surface area (Å²) in [4.78, 5) is 33.9. The quantitative estimate of drug-likeness (QED) is 0.627. The number of nitrogens with zero attached hydrogens (tertiary/aromatic N) is 2. The van der Waals surface area contributed by atoms with Gasteiger partial charge in [-0.1, -0.05) is 19.3 Å². The first-order chi connectivity index (χ1) is 15.9. The Labute approximate surface area is 203 Å². The first kappa shape index (κ1) is 26.4. The van der Waals surface area contributed by atoms with Crippen LogP contribution in [0.25, 0.3) is 0 Å². The largest absolute Gasteiger partial charge is 0.481 e. The lowest BCUT2D eigenvalue weighted by Crippen LogP contribution is -2.54. The molecule has 1 saturated heterocycles. The third-order valence-corrected chi connectivity index (χ3v) is 7.22. The second-order valence-corrected chi connectivity index (χ2v) is 11.0. The monoisotopic (exact) mass is 475 g/mol. The zero-order valence-corrected chi connectivity index (χ0v) is 21.7. The molecule has 2 aliphatic rings. The van der Waals surface area contributed by atoms with Crippen LogP contribution < -0.4 is 10.5 Å². The van der Waals surface area contributed by atoms with Gasteiger partial charge in [0.1, 0.15) is 11.6 Å². The Hall–Kier alpha value is -2.19. The molecule has 1 amide bonds. The summed E-state index contributed by atoms with van der Waals surface area (Å²) >= 11 is 0. The highest BCUT2D eigenvalue weighted by atomic mass is 16.6. The van der Waals surface area contributed by atoms with Crippen LogP contribution in [-0.4, -0.2) is 59.3 Å². The molecule has 4 atom stereocenters. The summed E-state index contributed by atoms with van der Waals surface area (Å²) in [7, 11) is 3.14. The van der Waals surface area contributed by atoms with E-state index in [1.165, 1.54) is 0 Å². The van der Waals surface area contributed by atoms with Crippen LogP contribution in [0.15, 0.2) is 18.3 Å². The lowest BCUT2D eigenvalue weighted by Gasteiger charge is -2.38. The molecule has 8 heteroatoms. The van der Waals surface area contributed by atoms with Crippen molar-refractivity contribution in [2.75, 3.05) is 14.2 Å². The topological polar surface area (TPSA) is 104 Å². The average molecular weight is 476 g/mol. The highest BCUT2D eigenvalue weighted by Crippen LogP contribution is 2.48. The van der Waals surface area contributed by atoms with E-state index in [9.17, 15) is 9.59 Å². The molecule has 1 aromatic heterocycles. The SMILES string of the molecule is COc1ncccc1[C@H]1[C@@H](N)[C@H](C(C)(C)OC)[C@@H](C(=O)OC(C)(C)C)N1C(=O)C1CCCCC1. The number of likely N-dealkylation sites (tertiary alicyclic amines) is 1. The van der Waals surface area contributed by atoms with Crippen LogP contribution in [0.1, 0.15) is 78.3 Å². The van der Waals surface area contributed by atoms with Gasteiger partial charge in [0.15, 0.2) is 0 Å². The van der Waals surface area contributed by atoms with Crippen molar-refractivity contribution in [3.63, 3.8) is 0 Å². The maximum Gasteiger partial charge on any atom is 0.329 e. The predicted octanol–water partition coefficient (Wildman–Crippen LogP) is 3.63. The smallest absolute Gasteiger partial charge is 0.329 e. The molecule has 0 bridgehead atoms. The second-order valence-electron chi connectivity index (χ2n) is 11.0. The van der Waals surface area contributed by atoms with Gasteiger partial charge in [0.2, 0.25) is 11.8 Å². The summed E-state index contributed by atoms with van der Waals surface area (Å²) in [6.07, 6.45) is 6.38. The molecular weight excluding hydrogens is 434 g/mol. The van der Waals surface area contributed by atoms with E-state index in [2.05, 4.69) is 4.98 Å². The molecule has 1 saturated carbocycles. The first-order valence-electron chi connectivity index (χ1n) is 12.3. The fraction of sp³-hybridized carbons (Fsp3) is 0.731. The number of hydrogen-bond acceptors (Lipinski definition) is 7. The van der Waals surface area contributed by atoms with E-state index in [-0.39, 0.29) is 11.8 Å². The van der Waals surface area contributed by atoms with Gasteiger partial charge < -0.3 is 24.8 Å². The lowest BCUT2D eigenvalue weighted by atomic mass is 9.79. The van der Waals surface area contributed by atoms with Crippen molar-refractivity contribution in [1.29, 1.82) is 0 Å². The van der Waals surface area contributed by atoms with Crippen molar-refractivity contribution in [3.8, 4) is 5.88 Å². The van der Waals surface area contributed by atoms with Gasteiger partial charge in [0.25, 0.3) is 0 Å². The third-order valence-electron chi connectivity index (χ3n) is 7.22. The number of carbonyl (C=O) groups is 2. The molecule has 2 fully saturated rings. The Morgan fingerprint density at radius 1 is 1.09 bits per heavy atom. The Bertz CT molecular complexity index is 875. The van der Waals surface area contributed by atoms with Gasteiger partial charge in [0.05, 0.1) is 18.8 Å². The van der Waals surface area contributed by atoms with Crippen molar-refractivity contribution in [3.05, 3.63) is 23.9 Å². The van der Waals surface area contributed by atoms with E-state index in [4.69, 9.17) is 19.9 Å². The number of aromatic nitrogens is 1. The van der Waals surface area contributed by atoms with Crippen LogP contribution in [0.3, 0.4) is 0 Å². The van der Waals surface area contributed by atoms with Crippen LogP contribution in [0, 0.1) is 11.8 Å². The Morgan fingerprint density at radius 2 is 1.74 bits per heavy atom. The summed E-state index contributed by atoms with van der Waals surface area (Å²) < 4.78 is 17.3. The molecule has 190 valence electrons. The van der Waals surface area contributed by atoms with Gasteiger partial charge in [-0.3, -0.25) is 4.79 Å². The molecule has 1 aliphatic heterocycles. The number of methoxy groups -OCH3 is 2. The Morgan fingerprint density at radius 3 is 2.29 bits per heavy atom. The zero-order valence-electron chi connectivity index (χ0n) is 21.7. The summed E-state index contributed by atoms with van der Waals surface area (Å²) in [5.41, 5.74) is 6.10. The fourth-order valence-corrected chi connectivity index (χ4v) is 5.53. The first-order valence-corrected chi connectivity index (χ1v) is 12.3. The average Bonchev–Trinajstić information content (AvgIpc) is 3.11. The van der Waals surface area contributed by atoms with Crippen LogP contribution in [0.5, 0.6) is 5.88 Å². The second kappa shape index (κ2) is 10.2. The number of amides is 1. The molecule has 1 aliphatic carbocycles. The maximum atomic E-state index is 14.1. The van der Waals surface area contributed by atoms with Gasteiger partial charge in [-0.15, -0.1) is 0 Å². The summed E-state index contributed by atoms with van der Waals surface area (Å²) in [5.74, 6) is -0.789. The molecular formula is C26H41N3O5. The van der Waals surface area contributed by atoms with Gasteiger partial charge in [-0.25, -0.2) is 9.78 Å². The van der Waals surface area contributed by atoms with Crippen LogP contribution >= 0.6 is 0 Å².